The highest BCUT2D eigenvalue weighted by atomic mass is 16.5. The average molecular weight is 675 g/mol. The molecule has 2 aliphatic heterocycles. The van der Waals surface area contributed by atoms with Crippen LogP contribution in [0.5, 0.6) is 0 Å². The molecular weight excluding hydrogens is 628 g/mol. The van der Waals surface area contributed by atoms with E-state index in [0.717, 1.165) is 87.8 Å². The number of hydrogen-bond acceptors (Lipinski definition) is 9. The normalized spacial score (nSPS) is 17.7. The van der Waals surface area contributed by atoms with Gasteiger partial charge in [0.1, 0.15) is 17.5 Å². The molecule has 0 bridgehead atoms. The first-order chi connectivity index (χ1) is 24.4. The third-order valence-electron chi connectivity index (χ3n) is 9.38. The van der Waals surface area contributed by atoms with Gasteiger partial charge in [0.2, 0.25) is 5.95 Å². The van der Waals surface area contributed by atoms with Crippen LogP contribution in [0.4, 0.5) is 22.4 Å². The first-order valence-corrected chi connectivity index (χ1v) is 17.6. The summed E-state index contributed by atoms with van der Waals surface area (Å²) >= 11 is 0. The van der Waals surface area contributed by atoms with Crippen molar-refractivity contribution in [2.24, 2.45) is 7.05 Å². The number of unbranched alkanes of at least 4 members (excludes halogenated alkanes) is 1. The summed E-state index contributed by atoms with van der Waals surface area (Å²) in [6.45, 7) is 5.00. The summed E-state index contributed by atoms with van der Waals surface area (Å²) in [6, 6.07) is 15.8. The van der Waals surface area contributed by atoms with E-state index in [4.69, 9.17) is 9.72 Å². The molecule has 2 fully saturated rings. The van der Waals surface area contributed by atoms with E-state index in [2.05, 4.69) is 43.6 Å². The topological polar surface area (TPSA) is 137 Å². The number of nitriles is 1. The number of hydrogen-bond donors (Lipinski definition) is 2. The molecule has 4 aromatic rings. The number of ether oxygens (including phenoxy) is 1. The Bertz CT molecular complexity index is 1780. The van der Waals surface area contributed by atoms with Crippen LogP contribution in [0.15, 0.2) is 79.5 Å². The molecule has 3 aromatic heterocycles. The van der Waals surface area contributed by atoms with E-state index in [0.29, 0.717) is 29.7 Å². The summed E-state index contributed by atoms with van der Waals surface area (Å²) in [7, 11) is 1.88. The Morgan fingerprint density at radius 1 is 1.12 bits per heavy atom. The first kappa shape index (κ1) is 34.6. The van der Waals surface area contributed by atoms with Gasteiger partial charge in [-0.1, -0.05) is 49.8 Å². The average Bonchev–Trinajstić information content (AvgIpc) is 3.58. The van der Waals surface area contributed by atoms with Crippen molar-refractivity contribution in [3.05, 3.63) is 90.7 Å². The van der Waals surface area contributed by atoms with Gasteiger partial charge in [-0.3, -0.25) is 9.58 Å². The van der Waals surface area contributed by atoms with Crippen molar-refractivity contribution >= 4 is 23.6 Å². The minimum Gasteiger partial charge on any atom is -0.373 e. The number of benzene rings is 1. The number of piperidine rings is 1. The van der Waals surface area contributed by atoms with E-state index in [-0.39, 0.29) is 17.7 Å². The second kappa shape index (κ2) is 16.4. The smallest absolute Gasteiger partial charge is 0.327 e. The van der Waals surface area contributed by atoms with Gasteiger partial charge in [0.05, 0.1) is 24.6 Å². The summed E-state index contributed by atoms with van der Waals surface area (Å²) in [5.41, 5.74) is 3.30. The van der Waals surface area contributed by atoms with E-state index in [1.807, 2.05) is 68.0 Å². The SMILES string of the molecule is CCC[C@H](CCC/C=C/N(C(=O)NCc1ccccc1)c1ccc(-c2cnn(C)c2)cn1)Nc1ncc(C#N)c(N2CCCC3(CCO3)C2)n1. The lowest BCUT2D eigenvalue weighted by molar-refractivity contribution is -0.151. The van der Waals surface area contributed by atoms with Crippen molar-refractivity contribution in [3.8, 4) is 17.2 Å². The van der Waals surface area contributed by atoms with Gasteiger partial charge in [-0.05, 0) is 56.2 Å². The van der Waals surface area contributed by atoms with Crippen LogP contribution < -0.4 is 20.4 Å². The monoisotopic (exact) mass is 674 g/mol. The zero-order valence-corrected chi connectivity index (χ0v) is 29.0. The zero-order chi connectivity index (χ0) is 34.8. The number of allylic oxidation sites excluding steroid dienone is 1. The number of amides is 2. The molecule has 2 amide bonds. The number of pyridine rings is 1. The molecule has 12 nitrogen and oxygen atoms in total. The third kappa shape index (κ3) is 8.65. The van der Waals surface area contributed by atoms with Gasteiger partial charge >= 0.3 is 6.03 Å². The standard InChI is InChI=1S/C38H46N10O2/c1-3-11-33(44-36-41-25-31(22-39)35(45-36)47-19-10-17-38(28-47)18-21-50-38)14-8-5-9-20-48(37(49)42-23-29-12-6-4-7-13-29)34-16-15-30(24-40-34)32-26-43-46(2)27-32/h4,6-7,9,12-13,15-16,20,24-27,33H,3,5,8,10-11,14,17-19,21,23,28H2,1-2H3,(H,42,49)(H,41,44,45)/b20-9+/t33-,38?/m1/s1. The number of urea groups is 1. The second-order valence-corrected chi connectivity index (χ2v) is 13.1. The summed E-state index contributed by atoms with van der Waals surface area (Å²) in [4.78, 5) is 31.2. The summed E-state index contributed by atoms with van der Waals surface area (Å²) in [6.07, 6.45) is 18.6. The minimum absolute atomic E-state index is 0.0979. The van der Waals surface area contributed by atoms with Crippen LogP contribution in [0.2, 0.25) is 0 Å². The molecule has 12 heteroatoms. The minimum atomic E-state index is -0.255. The fraction of sp³-hybridized carbons (Fsp3) is 0.421. The number of aryl methyl sites for hydroxylation is 1. The lowest BCUT2D eigenvalue weighted by atomic mass is 9.86. The van der Waals surface area contributed by atoms with Crippen molar-refractivity contribution in [1.29, 1.82) is 5.26 Å². The van der Waals surface area contributed by atoms with E-state index in [1.54, 1.807) is 28.2 Å². The van der Waals surface area contributed by atoms with Crippen LogP contribution in [-0.2, 0) is 18.3 Å². The van der Waals surface area contributed by atoms with Crippen LogP contribution >= 0.6 is 0 Å². The van der Waals surface area contributed by atoms with Gasteiger partial charge < -0.3 is 20.3 Å². The molecule has 2 atom stereocenters. The van der Waals surface area contributed by atoms with E-state index in [1.165, 1.54) is 0 Å². The molecule has 1 spiro atoms. The summed E-state index contributed by atoms with van der Waals surface area (Å²) in [5.74, 6) is 1.76. The molecule has 1 aromatic carbocycles. The van der Waals surface area contributed by atoms with Crippen LogP contribution in [0.25, 0.3) is 11.1 Å². The summed E-state index contributed by atoms with van der Waals surface area (Å²) in [5, 5.41) is 20.6. The first-order valence-electron chi connectivity index (χ1n) is 17.6. The highest BCUT2D eigenvalue weighted by molar-refractivity contribution is 5.92. The number of aromatic nitrogens is 5. The highest BCUT2D eigenvalue weighted by Crippen LogP contribution is 2.37. The molecule has 0 aliphatic carbocycles. The van der Waals surface area contributed by atoms with Crippen LogP contribution in [-0.4, -0.2) is 62.1 Å². The number of rotatable bonds is 14. The second-order valence-electron chi connectivity index (χ2n) is 13.1. The lowest BCUT2D eigenvalue weighted by Crippen LogP contribution is -2.56. The van der Waals surface area contributed by atoms with Crippen molar-refractivity contribution in [2.75, 3.05) is 34.8 Å². The predicted molar refractivity (Wildman–Crippen MR) is 194 cm³/mol. The Morgan fingerprint density at radius 2 is 1.98 bits per heavy atom. The van der Waals surface area contributed by atoms with Gasteiger partial charge in [0.15, 0.2) is 5.82 Å². The lowest BCUT2D eigenvalue weighted by Gasteiger charge is -2.48. The van der Waals surface area contributed by atoms with Gasteiger partial charge in [0.25, 0.3) is 0 Å². The molecular formula is C38H46N10O2. The fourth-order valence-electron chi connectivity index (χ4n) is 6.61. The third-order valence-corrected chi connectivity index (χ3v) is 9.38. The molecule has 2 aliphatic rings. The fourth-order valence-corrected chi connectivity index (χ4v) is 6.61. The largest absolute Gasteiger partial charge is 0.373 e. The van der Waals surface area contributed by atoms with Crippen molar-refractivity contribution < 1.29 is 9.53 Å². The Kier molecular flexibility index (Phi) is 11.4. The maximum absolute atomic E-state index is 13.4. The van der Waals surface area contributed by atoms with E-state index in [9.17, 15) is 10.1 Å². The number of nitrogens with zero attached hydrogens (tertiary/aromatic N) is 8. The maximum Gasteiger partial charge on any atom is 0.327 e. The van der Waals surface area contributed by atoms with Crippen LogP contribution in [0.1, 0.15) is 69.4 Å². The molecule has 6 rings (SSSR count). The molecule has 0 radical (unpaired) electrons. The maximum atomic E-state index is 13.4. The molecule has 260 valence electrons. The van der Waals surface area contributed by atoms with Crippen molar-refractivity contribution in [1.82, 2.24) is 30.0 Å². The molecule has 0 saturated carbocycles. The van der Waals surface area contributed by atoms with Crippen molar-refractivity contribution in [2.45, 2.75) is 76.5 Å². The Labute approximate surface area is 294 Å². The van der Waals surface area contributed by atoms with Crippen LogP contribution in [0.3, 0.4) is 0 Å². The predicted octanol–water partition coefficient (Wildman–Crippen LogP) is 6.58. The molecule has 2 saturated heterocycles. The Balaban J connectivity index is 1.09. The zero-order valence-electron chi connectivity index (χ0n) is 29.0. The molecule has 1 unspecified atom stereocenters. The van der Waals surface area contributed by atoms with Gasteiger partial charge in [-0.2, -0.15) is 15.3 Å². The summed E-state index contributed by atoms with van der Waals surface area (Å²) < 4.78 is 7.71. The molecule has 2 N–H and O–H groups in total. The van der Waals surface area contributed by atoms with E-state index >= 15 is 0 Å². The number of carbonyl (C=O) groups is 1. The van der Waals surface area contributed by atoms with Gasteiger partial charge in [-0.15, -0.1) is 0 Å². The highest BCUT2D eigenvalue weighted by Gasteiger charge is 2.42. The van der Waals surface area contributed by atoms with E-state index < -0.39 is 0 Å². The number of anilines is 3. The van der Waals surface area contributed by atoms with Crippen LogP contribution in [0, 0.1) is 11.3 Å². The number of nitrogens with one attached hydrogen (secondary N) is 2. The number of carbonyl (C=O) groups excluding carboxylic acids is 1. The molecule has 5 heterocycles. The Morgan fingerprint density at radius 3 is 2.68 bits per heavy atom. The van der Waals surface area contributed by atoms with Gasteiger partial charge in [0, 0.05) is 68.9 Å². The Hall–Kier alpha value is -5.28. The van der Waals surface area contributed by atoms with Crippen molar-refractivity contribution in [3.63, 3.8) is 0 Å². The molecule has 50 heavy (non-hydrogen) atoms. The quantitative estimate of drug-likeness (QED) is 0.142. The van der Waals surface area contributed by atoms with Gasteiger partial charge in [-0.25, -0.2) is 14.8 Å².